The highest BCUT2D eigenvalue weighted by atomic mass is 16.4. The second-order valence-electron chi connectivity index (χ2n) is 3.35. The predicted octanol–water partition coefficient (Wildman–Crippen LogP) is 2.26. The molecule has 4 nitrogen and oxygen atoms in total. The van der Waals surface area contributed by atoms with Crippen molar-refractivity contribution in [2.75, 3.05) is 0 Å². The van der Waals surface area contributed by atoms with Gasteiger partial charge in [0.2, 0.25) is 0 Å². The lowest BCUT2D eigenvalue weighted by atomic mass is 9.97. The zero-order valence-corrected chi connectivity index (χ0v) is 8.64. The number of aliphatic carboxylic acids is 1. The molecule has 0 aromatic heterocycles. The van der Waals surface area contributed by atoms with Crippen LogP contribution < -0.4 is 0 Å². The van der Waals surface area contributed by atoms with Crippen LogP contribution in [-0.4, -0.2) is 22.2 Å². The van der Waals surface area contributed by atoms with E-state index in [0.29, 0.717) is 11.1 Å². The standard InChI is InChI=1S/C12H12O4/c1-8(6-7-11(13)14)9-4-2-3-5-10(9)12(15)16/h2-5H,1,6-7H2,(H,13,14)(H,15,16). The van der Waals surface area contributed by atoms with Crippen LogP contribution in [0, 0.1) is 0 Å². The van der Waals surface area contributed by atoms with Crippen molar-refractivity contribution >= 4 is 17.5 Å². The van der Waals surface area contributed by atoms with Gasteiger partial charge in [-0.3, -0.25) is 4.79 Å². The first-order valence-corrected chi connectivity index (χ1v) is 4.74. The van der Waals surface area contributed by atoms with Crippen LogP contribution in [0.1, 0.15) is 28.8 Å². The summed E-state index contributed by atoms with van der Waals surface area (Å²) in [5.41, 5.74) is 1.18. The third kappa shape index (κ3) is 2.95. The fraction of sp³-hybridized carbons (Fsp3) is 0.167. The van der Waals surface area contributed by atoms with Crippen LogP contribution in [0.3, 0.4) is 0 Å². The number of hydrogen-bond acceptors (Lipinski definition) is 2. The predicted molar refractivity (Wildman–Crippen MR) is 59.3 cm³/mol. The van der Waals surface area contributed by atoms with Crippen LogP contribution in [0.5, 0.6) is 0 Å². The van der Waals surface area contributed by atoms with Crippen molar-refractivity contribution in [3.8, 4) is 0 Å². The van der Waals surface area contributed by atoms with E-state index in [1.165, 1.54) is 6.07 Å². The molecule has 0 aliphatic carbocycles. The Labute approximate surface area is 92.8 Å². The van der Waals surface area contributed by atoms with Gasteiger partial charge in [0.15, 0.2) is 0 Å². The quantitative estimate of drug-likeness (QED) is 0.798. The summed E-state index contributed by atoms with van der Waals surface area (Å²) in [5, 5.41) is 17.5. The number of carbonyl (C=O) groups is 2. The number of carboxylic acids is 2. The van der Waals surface area contributed by atoms with Gasteiger partial charge in [-0.2, -0.15) is 0 Å². The smallest absolute Gasteiger partial charge is 0.336 e. The van der Waals surface area contributed by atoms with E-state index < -0.39 is 11.9 Å². The maximum absolute atomic E-state index is 10.9. The van der Waals surface area contributed by atoms with Crippen molar-refractivity contribution in [3.63, 3.8) is 0 Å². The Balaban J connectivity index is 2.90. The molecular weight excluding hydrogens is 208 g/mol. The minimum atomic E-state index is -1.04. The summed E-state index contributed by atoms with van der Waals surface area (Å²) >= 11 is 0. The van der Waals surface area contributed by atoms with Crippen LogP contribution in [0.4, 0.5) is 0 Å². The van der Waals surface area contributed by atoms with Gasteiger partial charge < -0.3 is 10.2 Å². The van der Waals surface area contributed by atoms with Gasteiger partial charge in [-0.15, -0.1) is 0 Å². The molecule has 0 saturated heterocycles. The normalized spacial score (nSPS) is 9.75. The van der Waals surface area contributed by atoms with Gasteiger partial charge in [-0.05, 0) is 23.6 Å². The van der Waals surface area contributed by atoms with Crippen molar-refractivity contribution < 1.29 is 19.8 Å². The summed E-state index contributed by atoms with van der Waals surface area (Å²) in [4.78, 5) is 21.3. The lowest BCUT2D eigenvalue weighted by molar-refractivity contribution is -0.136. The van der Waals surface area contributed by atoms with E-state index in [4.69, 9.17) is 10.2 Å². The summed E-state index contributed by atoms with van der Waals surface area (Å²) in [7, 11) is 0. The molecule has 1 aromatic carbocycles. The first kappa shape index (κ1) is 12.0. The first-order chi connectivity index (χ1) is 7.52. The molecule has 0 spiro atoms. The van der Waals surface area contributed by atoms with E-state index in [-0.39, 0.29) is 18.4 Å². The third-order valence-electron chi connectivity index (χ3n) is 2.18. The molecule has 4 heteroatoms. The minimum Gasteiger partial charge on any atom is -0.481 e. The Bertz CT molecular complexity index is 434. The summed E-state index contributed by atoms with van der Waals surface area (Å²) in [6.07, 6.45) is 0.201. The third-order valence-corrected chi connectivity index (χ3v) is 2.18. The molecule has 84 valence electrons. The molecule has 0 heterocycles. The van der Waals surface area contributed by atoms with Crippen molar-refractivity contribution in [3.05, 3.63) is 42.0 Å². The average Bonchev–Trinajstić information content (AvgIpc) is 2.25. The highest BCUT2D eigenvalue weighted by molar-refractivity contribution is 5.94. The highest BCUT2D eigenvalue weighted by Gasteiger charge is 2.11. The van der Waals surface area contributed by atoms with Crippen molar-refractivity contribution in [1.82, 2.24) is 0 Å². The first-order valence-electron chi connectivity index (χ1n) is 4.74. The largest absolute Gasteiger partial charge is 0.481 e. The molecule has 0 saturated carbocycles. The molecule has 0 aliphatic heterocycles. The maximum atomic E-state index is 10.9. The molecule has 2 N–H and O–H groups in total. The lowest BCUT2D eigenvalue weighted by Crippen LogP contribution is -2.02. The topological polar surface area (TPSA) is 74.6 Å². The molecule has 0 unspecified atom stereocenters. The van der Waals surface area contributed by atoms with E-state index in [1.54, 1.807) is 18.2 Å². The lowest BCUT2D eigenvalue weighted by Gasteiger charge is -2.07. The summed E-state index contributed by atoms with van der Waals surface area (Å²) in [6.45, 7) is 3.71. The van der Waals surface area contributed by atoms with Crippen LogP contribution in [0.2, 0.25) is 0 Å². The number of allylic oxidation sites excluding steroid dienone is 1. The van der Waals surface area contributed by atoms with Crippen LogP contribution >= 0.6 is 0 Å². The van der Waals surface area contributed by atoms with Crippen molar-refractivity contribution in [2.45, 2.75) is 12.8 Å². The number of benzene rings is 1. The van der Waals surface area contributed by atoms with Gasteiger partial charge in [0.05, 0.1) is 5.56 Å². The van der Waals surface area contributed by atoms with Gasteiger partial charge >= 0.3 is 11.9 Å². The van der Waals surface area contributed by atoms with Crippen LogP contribution in [0.15, 0.2) is 30.8 Å². The highest BCUT2D eigenvalue weighted by Crippen LogP contribution is 2.21. The zero-order chi connectivity index (χ0) is 12.1. The molecule has 1 rings (SSSR count). The molecular formula is C12H12O4. The summed E-state index contributed by atoms with van der Waals surface area (Å²) in [6, 6.07) is 6.43. The maximum Gasteiger partial charge on any atom is 0.336 e. The Kier molecular flexibility index (Phi) is 3.83. The fourth-order valence-electron chi connectivity index (χ4n) is 1.37. The molecule has 0 bridgehead atoms. The minimum absolute atomic E-state index is 0.0488. The molecule has 0 amide bonds. The molecule has 0 radical (unpaired) electrons. The molecule has 16 heavy (non-hydrogen) atoms. The van der Waals surface area contributed by atoms with Gasteiger partial charge in [-0.1, -0.05) is 24.8 Å². The van der Waals surface area contributed by atoms with Crippen molar-refractivity contribution in [2.24, 2.45) is 0 Å². The number of rotatable bonds is 5. The Morgan fingerprint density at radius 3 is 2.12 bits per heavy atom. The van der Waals surface area contributed by atoms with E-state index in [0.717, 1.165) is 0 Å². The van der Waals surface area contributed by atoms with E-state index in [9.17, 15) is 9.59 Å². The number of aromatic carboxylic acids is 1. The Hall–Kier alpha value is -2.10. The van der Waals surface area contributed by atoms with Gasteiger partial charge in [0.1, 0.15) is 0 Å². The summed E-state index contributed by atoms with van der Waals surface area (Å²) < 4.78 is 0. The van der Waals surface area contributed by atoms with E-state index >= 15 is 0 Å². The second kappa shape index (κ2) is 5.11. The van der Waals surface area contributed by atoms with Crippen molar-refractivity contribution in [1.29, 1.82) is 0 Å². The second-order valence-corrected chi connectivity index (χ2v) is 3.35. The van der Waals surface area contributed by atoms with Gasteiger partial charge in [-0.25, -0.2) is 4.79 Å². The molecule has 0 atom stereocenters. The SMILES string of the molecule is C=C(CCC(=O)O)c1ccccc1C(=O)O. The number of carboxylic acid groups (broad SMARTS) is 2. The molecule has 0 fully saturated rings. The zero-order valence-electron chi connectivity index (χ0n) is 8.64. The molecule has 1 aromatic rings. The monoisotopic (exact) mass is 220 g/mol. The summed E-state index contributed by atoms with van der Waals surface area (Å²) in [5.74, 6) is -1.96. The Morgan fingerprint density at radius 1 is 1.06 bits per heavy atom. The Morgan fingerprint density at radius 2 is 1.62 bits per heavy atom. The van der Waals surface area contributed by atoms with Crippen LogP contribution in [-0.2, 0) is 4.79 Å². The van der Waals surface area contributed by atoms with Gasteiger partial charge in [0, 0.05) is 6.42 Å². The fourth-order valence-corrected chi connectivity index (χ4v) is 1.37. The molecule has 0 aliphatic rings. The number of hydrogen-bond donors (Lipinski definition) is 2. The van der Waals surface area contributed by atoms with Crippen LogP contribution in [0.25, 0.3) is 5.57 Å². The van der Waals surface area contributed by atoms with E-state index in [2.05, 4.69) is 6.58 Å². The van der Waals surface area contributed by atoms with Gasteiger partial charge in [0.25, 0.3) is 0 Å². The van der Waals surface area contributed by atoms with E-state index in [1.807, 2.05) is 0 Å². The average molecular weight is 220 g/mol.